The van der Waals surface area contributed by atoms with Gasteiger partial charge in [0.05, 0.1) is 7.11 Å². The van der Waals surface area contributed by atoms with E-state index in [4.69, 9.17) is 4.74 Å². The summed E-state index contributed by atoms with van der Waals surface area (Å²) in [5.74, 6) is 3.43. The van der Waals surface area contributed by atoms with Crippen LogP contribution in [0, 0.1) is 5.41 Å². The molecule has 1 aromatic rings. The van der Waals surface area contributed by atoms with Crippen LogP contribution in [0.5, 0.6) is 5.75 Å². The highest BCUT2D eigenvalue weighted by molar-refractivity contribution is 7.99. The van der Waals surface area contributed by atoms with Crippen molar-refractivity contribution in [2.24, 2.45) is 5.41 Å². The standard InChI is InChI=1S/C16H25NOS/c1-12(13-6-5-7-15(8-13)18-4)17-14-9-16(2,3)11-19-10-14/h5-8,12,14,17H,9-11H2,1-4H3/t12-,14?/m0/s1. The van der Waals surface area contributed by atoms with Gasteiger partial charge in [-0.15, -0.1) is 0 Å². The van der Waals surface area contributed by atoms with Crippen LogP contribution in [0.15, 0.2) is 24.3 Å². The van der Waals surface area contributed by atoms with Gasteiger partial charge in [0.2, 0.25) is 0 Å². The smallest absolute Gasteiger partial charge is 0.119 e. The van der Waals surface area contributed by atoms with Crippen molar-refractivity contribution >= 4 is 11.8 Å². The third-order valence-electron chi connectivity index (χ3n) is 3.69. The van der Waals surface area contributed by atoms with Crippen LogP contribution in [-0.4, -0.2) is 24.7 Å². The average Bonchev–Trinajstić information content (AvgIpc) is 2.37. The molecular formula is C16H25NOS. The maximum atomic E-state index is 5.30. The number of hydrogen-bond donors (Lipinski definition) is 1. The van der Waals surface area contributed by atoms with Crippen LogP contribution in [0.25, 0.3) is 0 Å². The Morgan fingerprint density at radius 3 is 2.89 bits per heavy atom. The average molecular weight is 279 g/mol. The fourth-order valence-electron chi connectivity index (χ4n) is 2.73. The highest BCUT2D eigenvalue weighted by Crippen LogP contribution is 2.34. The summed E-state index contributed by atoms with van der Waals surface area (Å²) < 4.78 is 5.30. The number of nitrogens with one attached hydrogen (secondary N) is 1. The van der Waals surface area contributed by atoms with E-state index in [1.54, 1.807) is 7.11 Å². The molecule has 2 rings (SSSR count). The maximum absolute atomic E-state index is 5.30. The number of hydrogen-bond acceptors (Lipinski definition) is 3. The molecule has 19 heavy (non-hydrogen) atoms. The fourth-order valence-corrected chi connectivity index (χ4v) is 4.02. The first-order chi connectivity index (χ1) is 9.00. The first-order valence-electron chi connectivity index (χ1n) is 6.98. The molecule has 0 amide bonds. The Balaban J connectivity index is 1.98. The molecule has 3 heteroatoms. The van der Waals surface area contributed by atoms with Crippen LogP contribution in [0.1, 0.15) is 38.8 Å². The predicted molar refractivity (Wildman–Crippen MR) is 84.1 cm³/mol. The minimum absolute atomic E-state index is 0.370. The van der Waals surface area contributed by atoms with Crippen molar-refractivity contribution in [3.8, 4) is 5.75 Å². The highest BCUT2D eigenvalue weighted by Gasteiger charge is 2.29. The van der Waals surface area contributed by atoms with Crippen LogP contribution in [0.4, 0.5) is 0 Å². The van der Waals surface area contributed by atoms with Gasteiger partial charge in [-0.1, -0.05) is 26.0 Å². The lowest BCUT2D eigenvalue weighted by Gasteiger charge is -2.36. The van der Waals surface area contributed by atoms with Crippen LogP contribution in [0.3, 0.4) is 0 Å². The van der Waals surface area contributed by atoms with E-state index >= 15 is 0 Å². The summed E-state index contributed by atoms with van der Waals surface area (Å²) in [4.78, 5) is 0. The molecule has 1 unspecified atom stereocenters. The van der Waals surface area contributed by atoms with E-state index in [9.17, 15) is 0 Å². The fraction of sp³-hybridized carbons (Fsp3) is 0.625. The second-order valence-electron chi connectivity index (χ2n) is 6.25. The van der Waals surface area contributed by atoms with Crippen molar-refractivity contribution < 1.29 is 4.74 Å². The molecule has 0 bridgehead atoms. The molecular weight excluding hydrogens is 254 g/mol. The van der Waals surface area contributed by atoms with Crippen LogP contribution in [-0.2, 0) is 0 Å². The topological polar surface area (TPSA) is 21.3 Å². The van der Waals surface area contributed by atoms with E-state index in [-0.39, 0.29) is 0 Å². The van der Waals surface area contributed by atoms with Gasteiger partial charge in [0.15, 0.2) is 0 Å². The molecule has 1 heterocycles. The normalized spacial score (nSPS) is 23.9. The molecule has 106 valence electrons. The monoisotopic (exact) mass is 279 g/mol. The Labute approximate surface area is 121 Å². The highest BCUT2D eigenvalue weighted by atomic mass is 32.2. The number of benzene rings is 1. The lowest BCUT2D eigenvalue weighted by atomic mass is 9.87. The Morgan fingerprint density at radius 2 is 2.21 bits per heavy atom. The third-order valence-corrected chi connectivity index (χ3v) is 5.31. The van der Waals surface area contributed by atoms with E-state index in [0.717, 1.165) is 5.75 Å². The summed E-state index contributed by atoms with van der Waals surface area (Å²) in [5.41, 5.74) is 1.75. The molecule has 1 aliphatic rings. The Morgan fingerprint density at radius 1 is 1.42 bits per heavy atom. The van der Waals surface area contributed by atoms with Crippen LogP contribution >= 0.6 is 11.8 Å². The summed E-state index contributed by atoms with van der Waals surface area (Å²) in [6.45, 7) is 6.97. The lowest BCUT2D eigenvalue weighted by molar-refractivity contribution is 0.304. The van der Waals surface area contributed by atoms with E-state index < -0.39 is 0 Å². The zero-order valence-electron chi connectivity index (χ0n) is 12.4. The molecule has 0 radical (unpaired) electrons. The molecule has 1 fully saturated rings. The van der Waals surface area contributed by atoms with E-state index in [0.29, 0.717) is 17.5 Å². The molecule has 0 aliphatic carbocycles. The van der Waals surface area contributed by atoms with Gasteiger partial charge >= 0.3 is 0 Å². The summed E-state index contributed by atoms with van der Waals surface area (Å²) in [6.07, 6.45) is 1.26. The molecule has 1 N–H and O–H groups in total. The lowest BCUT2D eigenvalue weighted by Crippen LogP contribution is -2.41. The minimum atomic E-state index is 0.370. The maximum Gasteiger partial charge on any atom is 0.119 e. The first kappa shape index (κ1) is 14.7. The summed E-state index contributed by atoms with van der Waals surface area (Å²) in [5, 5.41) is 3.77. The molecule has 1 aromatic carbocycles. The van der Waals surface area contributed by atoms with Crippen LogP contribution in [0.2, 0.25) is 0 Å². The zero-order chi connectivity index (χ0) is 13.9. The van der Waals surface area contributed by atoms with Crippen molar-refractivity contribution in [3.63, 3.8) is 0 Å². The van der Waals surface area contributed by atoms with E-state index in [1.807, 2.05) is 6.07 Å². The molecule has 1 aliphatic heterocycles. The van der Waals surface area contributed by atoms with Crippen molar-refractivity contribution in [2.45, 2.75) is 39.3 Å². The number of thioether (sulfide) groups is 1. The van der Waals surface area contributed by atoms with E-state index in [2.05, 4.69) is 56.0 Å². The number of ether oxygens (including phenoxy) is 1. The minimum Gasteiger partial charge on any atom is -0.497 e. The number of methoxy groups -OCH3 is 1. The summed E-state index contributed by atoms with van der Waals surface area (Å²) in [7, 11) is 1.72. The van der Waals surface area contributed by atoms with Crippen molar-refractivity contribution in [2.75, 3.05) is 18.6 Å². The molecule has 0 saturated carbocycles. The summed E-state index contributed by atoms with van der Waals surface area (Å²) in [6, 6.07) is 9.33. The molecule has 0 aromatic heterocycles. The van der Waals surface area contributed by atoms with Gasteiger partial charge in [0, 0.05) is 17.8 Å². The van der Waals surface area contributed by atoms with Crippen molar-refractivity contribution in [1.82, 2.24) is 5.32 Å². The molecule has 1 saturated heterocycles. The van der Waals surface area contributed by atoms with Gasteiger partial charge in [-0.2, -0.15) is 11.8 Å². The third kappa shape index (κ3) is 4.15. The van der Waals surface area contributed by atoms with Crippen LogP contribution < -0.4 is 10.1 Å². The molecule has 0 spiro atoms. The summed E-state index contributed by atoms with van der Waals surface area (Å²) >= 11 is 2.07. The quantitative estimate of drug-likeness (QED) is 0.904. The zero-order valence-corrected chi connectivity index (χ0v) is 13.2. The van der Waals surface area contributed by atoms with Gasteiger partial charge in [0.1, 0.15) is 5.75 Å². The SMILES string of the molecule is COc1cccc([C@H](C)NC2CSCC(C)(C)C2)c1. The largest absolute Gasteiger partial charge is 0.497 e. The van der Waals surface area contributed by atoms with E-state index in [1.165, 1.54) is 23.5 Å². The van der Waals surface area contributed by atoms with Gasteiger partial charge in [-0.05, 0) is 42.2 Å². The van der Waals surface area contributed by atoms with Gasteiger partial charge < -0.3 is 10.1 Å². The predicted octanol–water partition coefficient (Wildman–Crippen LogP) is 3.88. The molecule has 2 nitrogen and oxygen atoms in total. The second kappa shape index (κ2) is 6.19. The Bertz CT molecular complexity index is 419. The second-order valence-corrected chi connectivity index (χ2v) is 7.28. The Kier molecular flexibility index (Phi) is 4.80. The first-order valence-corrected chi connectivity index (χ1v) is 8.13. The van der Waals surface area contributed by atoms with Gasteiger partial charge in [0.25, 0.3) is 0 Å². The number of rotatable bonds is 4. The van der Waals surface area contributed by atoms with Crippen molar-refractivity contribution in [3.05, 3.63) is 29.8 Å². The van der Waals surface area contributed by atoms with Gasteiger partial charge in [-0.3, -0.25) is 0 Å². The molecule has 2 atom stereocenters. The Hall–Kier alpha value is -0.670. The van der Waals surface area contributed by atoms with Crippen molar-refractivity contribution in [1.29, 1.82) is 0 Å². The van der Waals surface area contributed by atoms with Gasteiger partial charge in [-0.25, -0.2) is 0 Å².